The van der Waals surface area contributed by atoms with Crippen molar-refractivity contribution in [3.8, 4) is 0 Å². The van der Waals surface area contributed by atoms with Crippen molar-refractivity contribution in [2.75, 3.05) is 0 Å². The van der Waals surface area contributed by atoms with E-state index < -0.39 is 0 Å². The highest BCUT2D eigenvalue weighted by atomic mass is 16.5. The highest BCUT2D eigenvalue weighted by Gasteiger charge is 2.24. The summed E-state index contributed by atoms with van der Waals surface area (Å²) in [4.78, 5) is 0. The molecule has 1 aliphatic carbocycles. The van der Waals surface area contributed by atoms with E-state index in [0.29, 0.717) is 13.2 Å². The third-order valence-corrected chi connectivity index (χ3v) is 3.93. The molecule has 0 amide bonds. The standard InChI is InChI=1S/C20H22O2/c1-3-9-17(10-4-1)15-21-19-13-7-8-14-20(19)22-16-18-11-5-2-6-12-18/h1-12,19-20H,13-16H2/t19-,20+. The van der Waals surface area contributed by atoms with Gasteiger partial charge in [-0.2, -0.15) is 0 Å². The van der Waals surface area contributed by atoms with Gasteiger partial charge in [-0.05, 0) is 24.0 Å². The van der Waals surface area contributed by atoms with Crippen LogP contribution in [0, 0.1) is 0 Å². The lowest BCUT2D eigenvalue weighted by Crippen LogP contribution is -2.32. The van der Waals surface area contributed by atoms with Crippen molar-refractivity contribution in [1.29, 1.82) is 0 Å². The van der Waals surface area contributed by atoms with Crippen LogP contribution in [0.3, 0.4) is 0 Å². The van der Waals surface area contributed by atoms with Crippen molar-refractivity contribution in [2.45, 2.75) is 38.3 Å². The molecule has 22 heavy (non-hydrogen) atoms. The van der Waals surface area contributed by atoms with Crippen molar-refractivity contribution in [3.63, 3.8) is 0 Å². The molecular weight excluding hydrogens is 272 g/mol. The first-order valence-electron chi connectivity index (χ1n) is 7.88. The largest absolute Gasteiger partial charge is 0.371 e. The van der Waals surface area contributed by atoms with E-state index in [2.05, 4.69) is 36.4 Å². The van der Waals surface area contributed by atoms with Gasteiger partial charge < -0.3 is 9.47 Å². The molecule has 0 fully saturated rings. The van der Waals surface area contributed by atoms with Crippen molar-refractivity contribution >= 4 is 0 Å². The van der Waals surface area contributed by atoms with Crippen molar-refractivity contribution in [1.82, 2.24) is 0 Å². The second-order valence-electron chi connectivity index (χ2n) is 5.61. The normalized spacial score (nSPS) is 20.9. The summed E-state index contributed by atoms with van der Waals surface area (Å²) in [5, 5.41) is 0. The first kappa shape index (κ1) is 15.0. The number of ether oxygens (including phenoxy) is 2. The zero-order chi connectivity index (χ0) is 15.0. The van der Waals surface area contributed by atoms with Gasteiger partial charge in [-0.1, -0.05) is 72.8 Å². The third kappa shape index (κ3) is 4.30. The van der Waals surface area contributed by atoms with Gasteiger partial charge in [0.05, 0.1) is 25.4 Å². The summed E-state index contributed by atoms with van der Waals surface area (Å²) in [5.74, 6) is 0. The van der Waals surface area contributed by atoms with Gasteiger partial charge in [-0.15, -0.1) is 0 Å². The van der Waals surface area contributed by atoms with Gasteiger partial charge >= 0.3 is 0 Å². The lowest BCUT2D eigenvalue weighted by atomic mass is 10.0. The Balaban J connectivity index is 1.54. The first-order chi connectivity index (χ1) is 10.9. The van der Waals surface area contributed by atoms with E-state index >= 15 is 0 Å². The maximum Gasteiger partial charge on any atom is 0.0878 e. The molecule has 2 heteroatoms. The fraction of sp³-hybridized carbons (Fsp3) is 0.300. The molecule has 0 saturated heterocycles. The molecule has 2 nitrogen and oxygen atoms in total. The van der Waals surface area contributed by atoms with Crippen LogP contribution in [0.15, 0.2) is 72.8 Å². The van der Waals surface area contributed by atoms with Crippen molar-refractivity contribution < 1.29 is 9.47 Å². The van der Waals surface area contributed by atoms with E-state index in [0.717, 1.165) is 12.8 Å². The van der Waals surface area contributed by atoms with Gasteiger partial charge in [0, 0.05) is 0 Å². The van der Waals surface area contributed by atoms with Gasteiger partial charge in [0.25, 0.3) is 0 Å². The molecule has 1 aliphatic rings. The minimum atomic E-state index is 0.133. The molecule has 0 spiro atoms. The lowest BCUT2D eigenvalue weighted by Gasteiger charge is -2.28. The van der Waals surface area contributed by atoms with Gasteiger partial charge in [0.15, 0.2) is 0 Å². The molecular formula is C20H22O2. The van der Waals surface area contributed by atoms with Gasteiger partial charge in [-0.3, -0.25) is 0 Å². The number of hydrogen-bond donors (Lipinski definition) is 0. The molecule has 0 radical (unpaired) electrons. The summed E-state index contributed by atoms with van der Waals surface area (Å²) in [7, 11) is 0. The molecule has 3 rings (SSSR count). The lowest BCUT2D eigenvalue weighted by molar-refractivity contribution is -0.0855. The molecule has 114 valence electrons. The van der Waals surface area contributed by atoms with E-state index in [1.807, 2.05) is 36.4 Å². The van der Waals surface area contributed by atoms with E-state index in [4.69, 9.17) is 9.47 Å². The molecule has 0 N–H and O–H groups in total. The zero-order valence-electron chi connectivity index (χ0n) is 12.7. The predicted octanol–water partition coefficient (Wildman–Crippen LogP) is 4.51. The fourth-order valence-electron chi connectivity index (χ4n) is 2.67. The van der Waals surface area contributed by atoms with Crippen LogP contribution < -0.4 is 0 Å². The van der Waals surface area contributed by atoms with Crippen LogP contribution in [0.5, 0.6) is 0 Å². The summed E-state index contributed by atoms with van der Waals surface area (Å²) in [5.41, 5.74) is 2.41. The maximum absolute atomic E-state index is 6.09. The molecule has 0 unspecified atom stereocenters. The minimum absolute atomic E-state index is 0.133. The average Bonchev–Trinajstić information content (AvgIpc) is 2.61. The molecule has 0 aliphatic heterocycles. The quantitative estimate of drug-likeness (QED) is 0.730. The number of rotatable bonds is 6. The summed E-state index contributed by atoms with van der Waals surface area (Å²) < 4.78 is 12.2. The van der Waals surface area contributed by atoms with Crippen LogP contribution >= 0.6 is 0 Å². The van der Waals surface area contributed by atoms with E-state index in [-0.39, 0.29) is 12.2 Å². The number of hydrogen-bond acceptors (Lipinski definition) is 2. The Morgan fingerprint density at radius 3 is 1.45 bits per heavy atom. The Bertz CT molecular complexity index is 524. The molecule has 2 aromatic rings. The smallest absolute Gasteiger partial charge is 0.0878 e. The molecule has 2 atom stereocenters. The van der Waals surface area contributed by atoms with Gasteiger partial charge in [-0.25, -0.2) is 0 Å². The first-order valence-corrected chi connectivity index (χ1v) is 7.88. The Kier molecular flexibility index (Phi) is 5.41. The zero-order valence-corrected chi connectivity index (χ0v) is 12.7. The van der Waals surface area contributed by atoms with Crippen LogP contribution in [0.1, 0.15) is 24.0 Å². The van der Waals surface area contributed by atoms with Crippen LogP contribution in [-0.4, -0.2) is 12.2 Å². The van der Waals surface area contributed by atoms with Crippen LogP contribution in [0.4, 0.5) is 0 Å². The minimum Gasteiger partial charge on any atom is -0.371 e. The summed E-state index contributed by atoms with van der Waals surface area (Å²) in [6, 6.07) is 20.6. The van der Waals surface area contributed by atoms with Crippen LogP contribution in [-0.2, 0) is 22.7 Å². The Hall–Kier alpha value is -1.90. The van der Waals surface area contributed by atoms with Crippen LogP contribution in [0.25, 0.3) is 0 Å². The van der Waals surface area contributed by atoms with Crippen molar-refractivity contribution in [2.24, 2.45) is 0 Å². The molecule has 0 bridgehead atoms. The fourth-order valence-corrected chi connectivity index (χ4v) is 2.67. The van der Waals surface area contributed by atoms with Crippen LogP contribution in [0.2, 0.25) is 0 Å². The summed E-state index contributed by atoms with van der Waals surface area (Å²) in [6.07, 6.45) is 6.50. The Labute approximate surface area is 132 Å². The second-order valence-corrected chi connectivity index (χ2v) is 5.61. The summed E-state index contributed by atoms with van der Waals surface area (Å²) >= 11 is 0. The molecule has 0 heterocycles. The van der Waals surface area contributed by atoms with Gasteiger partial charge in [0.1, 0.15) is 0 Å². The molecule has 0 aromatic heterocycles. The van der Waals surface area contributed by atoms with E-state index in [9.17, 15) is 0 Å². The monoisotopic (exact) mass is 294 g/mol. The maximum atomic E-state index is 6.09. The van der Waals surface area contributed by atoms with Crippen molar-refractivity contribution in [3.05, 3.63) is 83.9 Å². The second kappa shape index (κ2) is 7.92. The third-order valence-electron chi connectivity index (χ3n) is 3.93. The SMILES string of the molecule is C1=CC[C@@H](OCc2ccccc2)[C@@H](OCc2ccccc2)C1. The van der Waals surface area contributed by atoms with E-state index in [1.165, 1.54) is 11.1 Å². The Morgan fingerprint density at radius 2 is 1.05 bits per heavy atom. The highest BCUT2D eigenvalue weighted by molar-refractivity contribution is 5.14. The predicted molar refractivity (Wildman–Crippen MR) is 88.4 cm³/mol. The van der Waals surface area contributed by atoms with Gasteiger partial charge in [0.2, 0.25) is 0 Å². The Morgan fingerprint density at radius 1 is 0.636 bits per heavy atom. The highest BCUT2D eigenvalue weighted by Crippen LogP contribution is 2.21. The number of benzene rings is 2. The molecule has 0 saturated carbocycles. The average molecular weight is 294 g/mol. The molecule has 2 aromatic carbocycles. The topological polar surface area (TPSA) is 18.5 Å². The van der Waals surface area contributed by atoms with E-state index in [1.54, 1.807) is 0 Å². The summed E-state index contributed by atoms with van der Waals surface area (Å²) in [6.45, 7) is 1.29.